The number of benzene rings is 3. The lowest BCUT2D eigenvalue weighted by Gasteiger charge is -2.11. The molecule has 0 saturated carbocycles. The molecule has 0 unspecified atom stereocenters. The molecule has 0 spiro atoms. The molecule has 150 valence electrons. The molecule has 4 N–H and O–H groups in total. The molecule has 0 aliphatic rings. The van der Waals surface area contributed by atoms with Gasteiger partial charge in [0.05, 0.1) is 16.9 Å². The molecule has 4 aromatic rings. The van der Waals surface area contributed by atoms with Crippen LogP contribution < -0.4 is 16.4 Å². The smallest absolute Gasteiger partial charge is 0.160 e. The first-order chi connectivity index (χ1) is 14.5. The number of fused-ring (bicyclic) bond motifs is 1. The molecule has 1 heterocycles. The van der Waals surface area contributed by atoms with Crippen LogP contribution in [0.5, 0.6) is 0 Å². The average molecular weight is 406 g/mol. The van der Waals surface area contributed by atoms with Crippen LogP contribution in [-0.4, -0.2) is 4.98 Å². The third kappa shape index (κ3) is 4.20. The molecule has 0 amide bonds. The summed E-state index contributed by atoms with van der Waals surface area (Å²) in [5.74, 6) is -2.20. The summed E-state index contributed by atoms with van der Waals surface area (Å²) in [4.78, 5) is 4.56. The van der Waals surface area contributed by atoms with E-state index in [-0.39, 0.29) is 5.82 Å². The van der Waals surface area contributed by atoms with E-state index in [1.54, 1.807) is 18.2 Å². The molecule has 0 aliphatic carbocycles. The lowest BCUT2D eigenvalue weighted by atomic mass is 10.1. The van der Waals surface area contributed by atoms with Gasteiger partial charge in [-0.2, -0.15) is 0 Å². The second-order valence-electron chi connectivity index (χ2n) is 6.58. The van der Waals surface area contributed by atoms with Gasteiger partial charge in [0.15, 0.2) is 11.6 Å². The Balaban J connectivity index is 1.59. The maximum absolute atomic E-state index is 13.4. The molecule has 1 aromatic heterocycles. The van der Waals surface area contributed by atoms with Gasteiger partial charge in [0.25, 0.3) is 0 Å². The molecule has 0 radical (unpaired) electrons. The number of hydrogen-bond acceptors (Lipinski definition) is 4. The van der Waals surface area contributed by atoms with Crippen LogP contribution in [0.4, 0.5) is 30.2 Å². The maximum atomic E-state index is 13.4. The van der Waals surface area contributed by atoms with Crippen LogP contribution in [0.3, 0.4) is 0 Å². The van der Waals surface area contributed by atoms with Crippen molar-refractivity contribution in [1.29, 1.82) is 0 Å². The summed E-state index contributed by atoms with van der Waals surface area (Å²) < 4.78 is 39.8. The van der Waals surface area contributed by atoms with Crippen molar-refractivity contribution >= 4 is 33.7 Å². The zero-order valence-corrected chi connectivity index (χ0v) is 15.7. The lowest BCUT2D eigenvalue weighted by Crippen LogP contribution is -2.03. The SMILES string of the molecule is N/C(=C\Nc1ccc(F)c(F)c1)c1ccc2c(Nc3cccc(F)c3)cccc2n1. The molecule has 0 fully saturated rings. The van der Waals surface area contributed by atoms with Gasteiger partial charge < -0.3 is 16.4 Å². The van der Waals surface area contributed by atoms with Crippen LogP contribution in [0, 0.1) is 17.5 Å². The highest BCUT2D eigenvalue weighted by atomic mass is 19.2. The molecule has 7 heteroatoms. The van der Waals surface area contributed by atoms with Crippen molar-refractivity contribution in [3.8, 4) is 0 Å². The fraction of sp³-hybridized carbons (Fsp3) is 0. The zero-order valence-electron chi connectivity index (χ0n) is 15.7. The van der Waals surface area contributed by atoms with Crippen molar-refractivity contribution in [2.45, 2.75) is 0 Å². The predicted molar refractivity (Wildman–Crippen MR) is 114 cm³/mol. The van der Waals surface area contributed by atoms with Crippen molar-refractivity contribution in [3.63, 3.8) is 0 Å². The van der Waals surface area contributed by atoms with Crippen LogP contribution in [0.1, 0.15) is 5.69 Å². The third-order valence-corrected chi connectivity index (χ3v) is 4.45. The minimum Gasteiger partial charge on any atom is -0.396 e. The predicted octanol–water partition coefficient (Wildman–Crippen LogP) is 5.76. The van der Waals surface area contributed by atoms with E-state index >= 15 is 0 Å². The molecular formula is C23H17F3N4. The minimum absolute atomic E-state index is 0.324. The van der Waals surface area contributed by atoms with Crippen molar-refractivity contribution in [3.05, 3.63) is 102 Å². The van der Waals surface area contributed by atoms with E-state index in [2.05, 4.69) is 15.6 Å². The first-order valence-electron chi connectivity index (χ1n) is 9.09. The molecule has 4 nitrogen and oxygen atoms in total. The van der Waals surface area contributed by atoms with Crippen molar-refractivity contribution < 1.29 is 13.2 Å². The number of pyridine rings is 1. The van der Waals surface area contributed by atoms with E-state index in [9.17, 15) is 13.2 Å². The second-order valence-corrected chi connectivity index (χ2v) is 6.58. The Kier molecular flexibility index (Phi) is 5.26. The van der Waals surface area contributed by atoms with E-state index in [0.29, 0.717) is 28.3 Å². The summed E-state index contributed by atoms with van der Waals surface area (Å²) in [6.07, 6.45) is 1.47. The first kappa shape index (κ1) is 19.3. The highest BCUT2D eigenvalue weighted by molar-refractivity contribution is 5.94. The van der Waals surface area contributed by atoms with Gasteiger partial charge in [-0.05, 0) is 54.6 Å². The van der Waals surface area contributed by atoms with Gasteiger partial charge in [0.1, 0.15) is 5.82 Å². The normalized spacial score (nSPS) is 11.5. The van der Waals surface area contributed by atoms with Gasteiger partial charge in [0, 0.05) is 34.7 Å². The molecule has 4 rings (SSSR count). The molecule has 0 saturated heterocycles. The van der Waals surface area contributed by atoms with Gasteiger partial charge >= 0.3 is 0 Å². The van der Waals surface area contributed by atoms with Gasteiger partial charge in [-0.3, -0.25) is 0 Å². The topological polar surface area (TPSA) is 63.0 Å². The summed E-state index contributed by atoms with van der Waals surface area (Å²) in [6.45, 7) is 0. The zero-order chi connectivity index (χ0) is 21.1. The first-order valence-corrected chi connectivity index (χ1v) is 9.09. The number of anilines is 3. The van der Waals surface area contributed by atoms with Gasteiger partial charge in [-0.1, -0.05) is 12.1 Å². The number of hydrogen-bond donors (Lipinski definition) is 3. The van der Waals surface area contributed by atoms with Crippen molar-refractivity contribution in [2.24, 2.45) is 5.73 Å². The van der Waals surface area contributed by atoms with E-state index in [1.165, 1.54) is 24.4 Å². The van der Waals surface area contributed by atoms with Gasteiger partial charge in [0.2, 0.25) is 0 Å². The maximum Gasteiger partial charge on any atom is 0.160 e. The second kappa shape index (κ2) is 8.16. The van der Waals surface area contributed by atoms with Crippen molar-refractivity contribution in [1.82, 2.24) is 4.98 Å². The summed E-state index contributed by atoms with van der Waals surface area (Å²) in [7, 11) is 0. The minimum atomic E-state index is -0.950. The number of nitrogens with zero attached hydrogens (tertiary/aromatic N) is 1. The number of nitrogens with one attached hydrogen (secondary N) is 2. The Bertz CT molecular complexity index is 1250. The van der Waals surface area contributed by atoms with Gasteiger partial charge in [-0.25, -0.2) is 18.2 Å². The summed E-state index contributed by atoms with van der Waals surface area (Å²) in [6, 6.07) is 18.8. The molecule has 3 aromatic carbocycles. The van der Waals surface area contributed by atoms with Crippen LogP contribution in [0.2, 0.25) is 0 Å². The number of rotatable bonds is 5. The fourth-order valence-electron chi connectivity index (χ4n) is 2.97. The molecule has 0 aliphatic heterocycles. The van der Waals surface area contributed by atoms with Crippen LogP contribution in [0.15, 0.2) is 79.0 Å². The monoisotopic (exact) mass is 406 g/mol. The third-order valence-electron chi connectivity index (χ3n) is 4.45. The lowest BCUT2D eigenvalue weighted by molar-refractivity contribution is 0.509. The average Bonchev–Trinajstić information content (AvgIpc) is 2.74. The van der Waals surface area contributed by atoms with Gasteiger partial charge in [-0.15, -0.1) is 0 Å². The van der Waals surface area contributed by atoms with E-state index in [4.69, 9.17) is 5.73 Å². The number of aromatic nitrogens is 1. The molecular weight excluding hydrogens is 389 g/mol. The van der Waals surface area contributed by atoms with E-state index in [0.717, 1.165) is 23.2 Å². The van der Waals surface area contributed by atoms with Crippen LogP contribution in [0.25, 0.3) is 16.6 Å². The number of halogens is 3. The quantitative estimate of drug-likeness (QED) is 0.394. The largest absolute Gasteiger partial charge is 0.396 e. The molecule has 0 bridgehead atoms. The highest BCUT2D eigenvalue weighted by Gasteiger charge is 2.07. The Labute approximate surface area is 170 Å². The van der Waals surface area contributed by atoms with E-state index in [1.807, 2.05) is 24.3 Å². The fourth-order valence-corrected chi connectivity index (χ4v) is 2.97. The molecule has 0 atom stereocenters. The van der Waals surface area contributed by atoms with Crippen LogP contribution >= 0.6 is 0 Å². The standard InChI is InChI=1S/C23H17F3N4/c24-14-3-1-4-16(11-14)29-21-5-2-6-22-17(21)8-10-23(30-22)20(27)13-28-15-7-9-18(25)19(26)12-15/h1-13,28-29H,27H2/b20-13-. The Morgan fingerprint density at radius 3 is 2.47 bits per heavy atom. The summed E-state index contributed by atoms with van der Waals surface area (Å²) in [5, 5.41) is 6.86. The summed E-state index contributed by atoms with van der Waals surface area (Å²) >= 11 is 0. The van der Waals surface area contributed by atoms with E-state index < -0.39 is 11.6 Å². The Hall–Kier alpha value is -4.00. The summed E-state index contributed by atoms with van der Waals surface area (Å²) in [5.41, 5.74) is 9.39. The number of nitrogens with two attached hydrogens (primary N) is 1. The Morgan fingerprint density at radius 1 is 0.833 bits per heavy atom. The molecule has 30 heavy (non-hydrogen) atoms. The Morgan fingerprint density at radius 2 is 1.67 bits per heavy atom. The van der Waals surface area contributed by atoms with Crippen molar-refractivity contribution in [2.75, 3.05) is 10.6 Å². The van der Waals surface area contributed by atoms with Crippen LogP contribution in [-0.2, 0) is 0 Å². The highest BCUT2D eigenvalue weighted by Crippen LogP contribution is 2.27.